The number of allylic oxidation sites excluding steroid dienone is 4. The first-order valence-corrected chi connectivity index (χ1v) is 7.22. The summed E-state index contributed by atoms with van der Waals surface area (Å²) >= 11 is 0. The molecular formula is C16H24N2O5. The number of likely N-dealkylation sites (N-methyl/N-ethyl adjacent to an activating group) is 1. The summed E-state index contributed by atoms with van der Waals surface area (Å²) in [6.45, 7) is 5.37. The lowest BCUT2D eigenvalue weighted by Crippen LogP contribution is -2.49. The van der Waals surface area contributed by atoms with Gasteiger partial charge in [0.05, 0.1) is 6.04 Å². The topological polar surface area (TPSA) is 116 Å². The van der Waals surface area contributed by atoms with Gasteiger partial charge < -0.3 is 20.8 Å². The number of hydrogen-bond acceptors (Lipinski definition) is 4. The van der Waals surface area contributed by atoms with Crippen molar-refractivity contribution in [3.63, 3.8) is 0 Å². The monoisotopic (exact) mass is 324 g/mol. The van der Waals surface area contributed by atoms with E-state index in [1.165, 1.54) is 7.05 Å². The van der Waals surface area contributed by atoms with Crippen LogP contribution in [0.4, 0.5) is 0 Å². The Labute approximate surface area is 135 Å². The molecule has 1 amide bonds. The minimum absolute atomic E-state index is 0.0776. The number of carbonyl (C=O) groups excluding carboxylic acids is 1. The predicted octanol–water partition coefficient (Wildman–Crippen LogP) is 1.09. The van der Waals surface area contributed by atoms with Gasteiger partial charge in [0, 0.05) is 12.8 Å². The molecule has 128 valence electrons. The van der Waals surface area contributed by atoms with Crippen molar-refractivity contribution in [1.29, 1.82) is 0 Å². The second kappa shape index (κ2) is 11.2. The summed E-state index contributed by atoms with van der Waals surface area (Å²) in [5.41, 5.74) is 0.710. The molecular weight excluding hydrogens is 300 g/mol. The average Bonchev–Trinajstić information content (AvgIpc) is 2.47. The van der Waals surface area contributed by atoms with Crippen LogP contribution in [0, 0.1) is 0 Å². The molecule has 0 rings (SSSR count). The molecule has 0 aromatic heterocycles. The molecule has 0 radical (unpaired) electrons. The maximum Gasteiger partial charge on any atom is 0.326 e. The molecule has 2 unspecified atom stereocenters. The number of carbonyl (C=O) groups is 3. The number of carboxylic acid groups (broad SMARTS) is 2. The second-order valence-corrected chi connectivity index (χ2v) is 4.85. The van der Waals surface area contributed by atoms with Gasteiger partial charge in [-0.2, -0.15) is 0 Å². The molecule has 7 heteroatoms. The molecule has 2 atom stereocenters. The third kappa shape index (κ3) is 8.57. The summed E-state index contributed by atoms with van der Waals surface area (Å²) in [5.74, 6) is -2.72. The number of rotatable bonds is 11. The lowest BCUT2D eigenvalue weighted by Gasteiger charge is -2.20. The highest BCUT2D eigenvalue weighted by molar-refractivity contribution is 5.87. The Morgan fingerprint density at radius 2 is 1.87 bits per heavy atom. The van der Waals surface area contributed by atoms with E-state index in [4.69, 9.17) is 5.11 Å². The molecule has 4 N–H and O–H groups in total. The zero-order valence-electron chi connectivity index (χ0n) is 13.4. The molecule has 0 spiro atoms. The summed E-state index contributed by atoms with van der Waals surface area (Å²) in [6, 6.07) is -1.87. The van der Waals surface area contributed by atoms with Gasteiger partial charge in [-0.25, -0.2) is 4.79 Å². The fourth-order valence-corrected chi connectivity index (χ4v) is 1.94. The summed E-state index contributed by atoms with van der Waals surface area (Å²) in [5, 5.41) is 23.1. The number of amides is 1. The van der Waals surface area contributed by atoms with Crippen molar-refractivity contribution in [2.75, 3.05) is 7.05 Å². The first-order chi connectivity index (χ1) is 10.8. The maximum atomic E-state index is 12.1. The van der Waals surface area contributed by atoms with E-state index in [0.29, 0.717) is 5.57 Å². The molecule has 23 heavy (non-hydrogen) atoms. The van der Waals surface area contributed by atoms with Gasteiger partial charge >= 0.3 is 11.9 Å². The van der Waals surface area contributed by atoms with E-state index in [-0.39, 0.29) is 19.3 Å². The lowest BCUT2D eigenvalue weighted by atomic mass is 10.0. The van der Waals surface area contributed by atoms with E-state index in [1.807, 2.05) is 0 Å². The Balaban J connectivity index is 4.94. The standard InChI is InChI=1S/C16H24N2O5/c1-4-6-11(7-5-2)10-13(16(22)23)18-15(21)12(17-3)8-9-14(19)20/h4-7,12-13,17H,1,8-10H2,2-3H3,(H,18,21)(H,19,20)(H,22,23)/b7-5-,11-6+. The van der Waals surface area contributed by atoms with Crippen molar-refractivity contribution in [1.82, 2.24) is 10.6 Å². The lowest BCUT2D eigenvalue weighted by molar-refractivity contribution is -0.142. The van der Waals surface area contributed by atoms with Gasteiger partial charge in [0.2, 0.25) is 5.91 Å². The van der Waals surface area contributed by atoms with Gasteiger partial charge in [-0.3, -0.25) is 9.59 Å². The highest BCUT2D eigenvalue weighted by atomic mass is 16.4. The number of hydrogen-bond donors (Lipinski definition) is 4. The van der Waals surface area contributed by atoms with E-state index < -0.39 is 29.9 Å². The normalized spacial score (nSPS) is 14.3. The zero-order chi connectivity index (χ0) is 17.8. The minimum Gasteiger partial charge on any atom is -0.481 e. The summed E-state index contributed by atoms with van der Waals surface area (Å²) in [7, 11) is 1.52. The van der Waals surface area contributed by atoms with Crippen LogP contribution in [0.1, 0.15) is 26.2 Å². The smallest absolute Gasteiger partial charge is 0.326 e. The third-order valence-corrected chi connectivity index (χ3v) is 3.08. The number of carboxylic acids is 2. The van der Waals surface area contributed by atoms with Crippen LogP contribution in [-0.2, 0) is 14.4 Å². The number of nitrogens with one attached hydrogen (secondary N) is 2. The van der Waals surface area contributed by atoms with E-state index in [2.05, 4.69) is 17.2 Å². The van der Waals surface area contributed by atoms with E-state index in [1.54, 1.807) is 31.2 Å². The maximum absolute atomic E-state index is 12.1. The highest BCUT2D eigenvalue weighted by Crippen LogP contribution is 2.09. The van der Waals surface area contributed by atoms with Crippen LogP contribution in [0.3, 0.4) is 0 Å². The summed E-state index contributed by atoms with van der Waals surface area (Å²) in [6.07, 6.45) is 6.71. The van der Waals surface area contributed by atoms with Crippen molar-refractivity contribution in [2.24, 2.45) is 0 Å². The van der Waals surface area contributed by atoms with Crippen molar-refractivity contribution >= 4 is 17.8 Å². The van der Waals surface area contributed by atoms with Crippen molar-refractivity contribution in [3.8, 4) is 0 Å². The first-order valence-electron chi connectivity index (χ1n) is 7.22. The third-order valence-electron chi connectivity index (χ3n) is 3.08. The van der Waals surface area contributed by atoms with Crippen LogP contribution >= 0.6 is 0 Å². The van der Waals surface area contributed by atoms with Crippen LogP contribution in [-0.4, -0.2) is 47.2 Å². The van der Waals surface area contributed by atoms with Gasteiger partial charge in [-0.05, 0) is 26.0 Å². The predicted molar refractivity (Wildman–Crippen MR) is 87.0 cm³/mol. The summed E-state index contributed by atoms with van der Waals surface area (Å²) < 4.78 is 0. The second-order valence-electron chi connectivity index (χ2n) is 4.85. The van der Waals surface area contributed by atoms with Gasteiger partial charge in [0.15, 0.2) is 0 Å². The molecule has 0 fully saturated rings. The average molecular weight is 324 g/mol. The van der Waals surface area contributed by atoms with Crippen molar-refractivity contribution < 1.29 is 24.6 Å². The fraction of sp³-hybridized carbons (Fsp3) is 0.438. The van der Waals surface area contributed by atoms with E-state index in [0.717, 1.165) is 0 Å². The van der Waals surface area contributed by atoms with Crippen molar-refractivity contribution in [2.45, 2.75) is 38.3 Å². The Hall–Kier alpha value is -2.41. The number of aliphatic carboxylic acids is 2. The molecule has 0 aromatic carbocycles. The van der Waals surface area contributed by atoms with Crippen LogP contribution < -0.4 is 10.6 Å². The summed E-state index contributed by atoms with van der Waals surface area (Å²) in [4.78, 5) is 34.0. The van der Waals surface area contributed by atoms with E-state index >= 15 is 0 Å². The Morgan fingerprint density at radius 1 is 1.22 bits per heavy atom. The molecule has 0 heterocycles. The molecule has 0 saturated carbocycles. The first kappa shape index (κ1) is 20.6. The van der Waals surface area contributed by atoms with Gasteiger partial charge in [0.25, 0.3) is 0 Å². The van der Waals surface area contributed by atoms with Crippen molar-refractivity contribution in [3.05, 3.63) is 36.5 Å². The quantitative estimate of drug-likeness (QED) is 0.423. The molecule has 0 aliphatic heterocycles. The molecule has 7 nitrogen and oxygen atoms in total. The highest BCUT2D eigenvalue weighted by Gasteiger charge is 2.25. The van der Waals surface area contributed by atoms with E-state index in [9.17, 15) is 19.5 Å². The van der Waals surface area contributed by atoms with Crippen LogP contribution in [0.25, 0.3) is 0 Å². The Bertz CT molecular complexity index is 497. The Morgan fingerprint density at radius 3 is 2.30 bits per heavy atom. The molecule has 0 aromatic rings. The minimum atomic E-state index is -1.16. The fourth-order valence-electron chi connectivity index (χ4n) is 1.94. The van der Waals surface area contributed by atoms with Crippen LogP contribution in [0.5, 0.6) is 0 Å². The molecule has 0 aliphatic carbocycles. The largest absolute Gasteiger partial charge is 0.481 e. The molecule has 0 aliphatic rings. The van der Waals surface area contributed by atoms with Gasteiger partial charge in [-0.1, -0.05) is 30.9 Å². The van der Waals surface area contributed by atoms with Gasteiger partial charge in [-0.15, -0.1) is 0 Å². The van der Waals surface area contributed by atoms with Crippen LogP contribution in [0.2, 0.25) is 0 Å². The molecule has 0 bridgehead atoms. The zero-order valence-corrected chi connectivity index (χ0v) is 13.4. The Kier molecular flexibility index (Phi) is 10.0. The van der Waals surface area contributed by atoms with Crippen LogP contribution in [0.15, 0.2) is 36.5 Å². The molecule has 0 saturated heterocycles. The van der Waals surface area contributed by atoms with Gasteiger partial charge in [0.1, 0.15) is 6.04 Å². The SMILES string of the molecule is C=C/C=C(\C=C/C)CC(NC(=O)C(CCC(=O)O)NC)C(=O)O.